The van der Waals surface area contributed by atoms with Crippen molar-refractivity contribution in [3.8, 4) is 5.75 Å². The molecule has 2 aromatic heterocycles. The van der Waals surface area contributed by atoms with Gasteiger partial charge in [-0.1, -0.05) is 24.3 Å². The van der Waals surface area contributed by atoms with Crippen LogP contribution in [-0.4, -0.2) is 45.5 Å². The van der Waals surface area contributed by atoms with Gasteiger partial charge in [-0.2, -0.15) is 0 Å². The van der Waals surface area contributed by atoms with Crippen LogP contribution in [0, 0.1) is 13.8 Å². The lowest BCUT2D eigenvalue weighted by Crippen LogP contribution is -2.23. The molecule has 27 heavy (non-hydrogen) atoms. The standard InChI is InChI=1S/C21H23N3O3/c1-12-13(2)24-11-15(21(26)23(3)4)10-18(20(24)22-12)27-19-16-8-6-5-7-14(16)9-17(19)25/h5-8,10-11,17,19,25H,9H2,1-4H3. The van der Waals surface area contributed by atoms with Gasteiger partial charge in [0.1, 0.15) is 0 Å². The molecule has 140 valence electrons. The second-order valence-electron chi connectivity index (χ2n) is 7.28. The van der Waals surface area contributed by atoms with E-state index in [-0.39, 0.29) is 5.91 Å². The van der Waals surface area contributed by atoms with Gasteiger partial charge in [0.25, 0.3) is 5.91 Å². The second kappa shape index (κ2) is 6.39. The SMILES string of the molecule is Cc1nc2c(OC3c4ccccc4CC3O)cc(C(=O)N(C)C)cn2c1C. The van der Waals surface area contributed by atoms with Gasteiger partial charge in [-0.05, 0) is 31.0 Å². The molecule has 0 saturated heterocycles. The van der Waals surface area contributed by atoms with Gasteiger partial charge in [-0.3, -0.25) is 4.79 Å². The van der Waals surface area contributed by atoms with Crippen molar-refractivity contribution in [2.75, 3.05) is 14.1 Å². The predicted octanol–water partition coefficient (Wildman–Crippen LogP) is 2.69. The fourth-order valence-electron chi connectivity index (χ4n) is 3.62. The molecular formula is C21H23N3O3. The molecule has 2 unspecified atom stereocenters. The maximum absolute atomic E-state index is 12.5. The number of aliphatic hydroxyl groups excluding tert-OH is 1. The number of fused-ring (bicyclic) bond motifs is 2. The number of pyridine rings is 1. The average Bonchev–Trinajstić information content (AvgIpc) is 3.11. The van der Waals surface area contributed by atoms with Gasteiger partial charge >= 0.3 is 0 Å². The minimum Gasteiger partial charge on any atom is -0.479 e. The van der Waals surface area contributed by atoms with Crippen LogP contribution in [0.2, 0.25) is 0 Å². The summed E-state index contributed by atoms with van der Waals surface area (Å²) in [7, 11) is 3.44. The molecule has 6 nitrogen and oxygen atoms in total. The molecule has 1 aliphatic carbocycles. The van der Waals surface area contributed by atoms with Crippen LogP contribution < -0.4 is 4.74 Å². The number of hydrogen-bond donors (Lipinski definition) is 1. The van der Waals surface area contributed by atoms with E-state index in [4.69, 9.17) is 4.74 Å². The third-order valence-electron chi connectivity index (χ3n) is 5.21. The van der Waals surface area contributed by atoms with Gasteiger partial charge in [-0.15, -0.1) is 0 Å². The number of amides is 1. The average molecular weight is 365 g/mol. The van der Waals surface area contributed by atoms with Gasteiger partial charge in [0.05, 0.1) is 17.4 Å². The molecule has 0 aliphatic heterocycles. The molecule has 1 N–H and O–H groups in total. The van der Waals surface area contributed by atoms with E-state index in [0.29, 0.717) is 23.4 Å². The third-order valence-corrected chi connectivity index (χ3v) is 5.21. The van der Waals surface area contributed by atoms with Crippen LogP contribution in [0.5, 0.6) is 5.75 Å². The molecule has 1 amide bonds. The van der Waals surface area contributed by atoms with E-state index in [1.165, 1.54) is 4.90 Å². The summed E-state index contributed by atoms with van der Waals surface area (Å²) >= 11 is 0. The molecule has 2 atom stereocenters. The lowest BCUT2D eigenvalue weighted by Gasteiger charge is -2.20. The maximum atomic E-state index is 12.5. The highest BCUT2D eigenvalue weighted by Crippen LogP contribution is 2.37. The zero-order valence-electron chi connectivity index (χ0n) is 15.9. The number of aliphatic hydroxyl groups is 1. The number of benzene rings is 1. The monoisotopic (exact) mass is 365 g/mol. The van der Waals surface area contributed by atoms with Gasteiger partial charge in [0, 0.05) is 32.4 Å². The van der Waals surface area contributed by atoms with Crippen LogP contribution in [0.4, 0.5) is 0 Å². The molecule has 0 radical (unpaired) electrons. The van der Waals surface area contributed by atoms with E-state index >= 15 is 0 Å². The van der Waals surface area contributed by atoms with E-state index in [1.807, 2.05) is 42.5 Å². The highest BCUT2D eigenvalue weighted by atomic mass is 16.5. The highest BCUT2D eigenvalue weighted by Gasteiger charge is 2.33. The summed E-state index contributed by atoms with van der Waals surface area (Å²) in [6, 6.07) is 9.61. The fourth-order valence-corrected chi connectivity index (χ4v) is 3.62. The van der Waals surface area contributed by atoms with Crippen LogP contribution >= 0.6 is 0 Å². The summed E-state index contributed by atoms with van der Waals surface area (Å²) in [5.74, 6) is 0.388. The smallest absolute Gasteiger partial charge is 0.254 e. The molecule has 3 aromatic rings. The maximum Gasteiger partial charge on any atom is 0.254 e. The minimum atomic E-state index is -0.632. The van der Waals surface area contributed by atoms with E-state index in [1.54, 1.807) is 26.4 Å². The first-order valence-corrected chi connectivity index (χ1v) is 9.00. The summed E-state index contributed by atoms with van der Waals surface area (Å²) < 4.78 is 8.15. The topological polar surface area (TPSA) is 67.1 Å². The molecule has 6 heteroatoms. The minimum absolute atomic E-state index is 0.111. The first-order chi connectivity index (χ1) is 12.9. The molecule has 4 rings (SSSR count). The van der Waals surface area contributed by atoms with Crippen LogP contribution in [0.3, 0.4) is 0 Å². The zero-order valence-corrected chi connectivity index (χ0v) is 15.9. The summed E-state index contributed by atoms with van der Waals surface area (Å²) in [5.41, 5.74) is 5.06. The van der Waals surface area contributed by atoms with Crippen molar-refractivity contribution in [3.05, 3.63) is 64.6 Å². The van der Waals surface area contributed by atoms with Crippen molar-refractivity contribution in [1.29, 1.82) is 0 Å². The molecule has 0 bridgehead atoms. The Morgan fingerprint density at radius 1 is 1.30 bits per heavy atom. The van der Waals surface area contributed by atoms with Crippen LogP contribution in [0.1, 0.15) is 39.0 Å². The van der Waals surface area contributed by atoms with Crippen LogP contribution in [-0.2, 0) is 6.42 Å². The van der Waals surface area contributed by atoms with Crippen molar-refractivity contribution < 1.29 is 14.6 Å². The predicted molar refractivity (Wildman–Crippen MR) is 102 cm³/mol. The van der Waals surface area contributed by atoms with E-state index in [2.05, 4.69) is 4.98 Å². The Morgan fingerprint density at radius 2 is 2.04 bits per heavy atom. The van der Waals surface area contributed by atoms with Gasteiger partial charge in [-0.25, -0.2) is 4.98 Å². The third kappa shape index (κ3) is 2.86. The van der Waals surface area contributed by atoms with Gasteiger partial charge in [0.15, 0.2) is 17.5 Å². The quantitative estimate of drug-likeness (QED) is 0.775. The number of aromatic nitrogens is 2. The highest BCUT2D eigenvalue weighted by molar-refractivity contribution is 5.94. The first-order valence-electron chi connectivity index (χ1n) is 9.00. The molecular weight excluding hydrogens is 342 g/mol. The largest absolute Gasteiger partial charge is 0.479 e. The van der Waals surface area contributed by atoms with E-state index in [9.17, 15) is 9.90 Å². The Balaban J connectivity index is 1.83. The van der Waals surface area contributed by atoms with Crippen molar-refractivity contribution in [3.63, 3.8) is 0 Å². The number of imidazole rings is 1. The Bertz CT molecular complexity index is 1040. The summed E-state index contributed by atoms with van der Waals surface area (Å²) in [5, 5.41) is 10.5. The molecule has 2 heterocycles. The lowest BCUT2D eigenvalue weighted by molar-refractivity contribution is 0.0501. The number of rotatable bonds is 3. The van der Waals surface area contributed by atoms with E-state index in [0.717, 1.165) is 22.5 Å². The number of carbonyl (C=O) groups excluding carboxylic acids is 1. The number of ether oxygens (including phenoxy) is 1. The molecule has 1 aromatic carbocycles. The molecule has 0 fully saturated rings. The van der Waals surface area contributed by atoms with Crippen LogP contribution in [0.25, 0.3) is 5.65 Å². The Morgan fingerprint density at radius 3 is 2.78 bits per heavy atom. The van der Waals surface area contributed by atoms with Crippen LogP contribution in [0.15, 0.2) is 36.5 Å². The molecule has 0 saturated carbocycles. The summed E-state index contributed by atoms with van der Waals surface area (Å²) in [4.78, 5) is 18.7. The Kier molecular flexibility index (Phi) is 4.15. The number of aryl methyl sites for hydroxylation is 2. The lowest BCUT2D eigenvalue weighted by atomic mass is 10.1. The van der Waals surface area contributed by atoms with Crippen molar-refractivity contribution in [1.82, 2.24) is 14.3 Å². The van der Waals surface area contributed by atoms with Crippen molar-refractivity contribution >= 4 is 11.6 Å². The summed E-state index contributed by atoms with van der Waals surface area (Å²) in [6.45, 7) is 3.89. The number of nitrogens with zero attached hydrogens (tertiary/aromatic N) is 3. The summed E-state index contributed by atoms with van der Waals surface area (Å²) in [6.07, 6.45) is 1.23. The van der Waals surface area contributed by atoms with Gasteiger partial charge < -0.3 is 19.1 Å². The van der Waals surface area contributed by atoms with Gasteiger partial charge in [0.2, 0.25) is 0 Å². The van der Waals surface area contributed by atoms with E-state index < -0.39 is 12.2 Å². The van der Waals surface area contributed by atoms with Crippen molar-refractivity contribution in [2.24, 2.45) is 0 Å². The zero-order chi connectivity index (χ0) is 19.3. The second-order valence-corrected chi connectivity index (χ2v) is 7.28. The number of hydrogen-bond acceptors (Lipinski definition) is 4. The first kappa shape index (κ1) is 17.5. The molecule has 1 aliphatic rings. The van der Waals surface area contributed by atoms with Crippen molar-refractivity contribution in [2.45, 2.75) is 32.5 Å². The molecule has 0 spiro atoms. The normalized spacial score (nSPS) is 18.6. The Hall–Kier alpha value is -2.86. The Labute approximate surface area is 158 Å². The number of carbonyl (C=O) groups is 1. The fraction of sp³-hybridized carbons (Fsp3) is 0.333.